The summed E-state index contributed by atoms with van der Waals surface area (Å²) in [5.74, 6) is -2.05. The lowest BCUT2D eigenvalue weighted by Crippen LogP contribution is -2.38. The fourth-order valence-corrected chi connectivity index (χ4v) is 4.39. The molecule has 0 radical (unpaired) electrons. The third-order valence-corrected chi connectivity index (χ3v) is 6.48. The van der Waals surface area contributed by atoms with E-state index in [-0.39, 0.29) is 91.2 Å². The maximum absolute atomic E-state index is 12.7. The standard InChI is InChI=1S/C24H30N4O7/c1-4-15-13-21(31)27(24(15)33)10-8-25-23(32)17-11-16-7-9-26(22(16)18(12-17)28(34)35)20(30)6-5-19(29)14(2)3/h11-12,14-15H,4-10,13H2,1-3H3,(H,25,32). The van der Waals surface area contributed by atoms with Gasteiger partial charge < -0.3 is 10.2 Å². The van der Waals surface area contributed by atoms with Crippen molar-refractivity contribution < 1.29 is 28.9 Å². The number of carbonyl (C=O) groups excluding carboxylic acids is 5. The predicted molar refractivity (Wildman–Crippen MR) is 126 cm³/mol. The number of imide groups is 1. The zero-order valence-corrected chi connectivity index (χ0v) is 20.2. The molecule has 1 aromatic rings. The summed E-state index contributed by atoms with van der Waals surface area (Å²) in [5.41, 5.74) is 0.366. The Morgan fingerprint density at radius 3 is 2.51 bits per heavy atom. The van der Waals surface area contributed by atoms with Gasteiger partial charge in [-0.3, -0.25) is 39.0 Å². The van der Waals surface area contributed by atoms with E-state index >= 15 is 0 Å². The van der Waals surface area contributed by atoms with Crippen molar-refractivity contribution >= 4 is 40.8 Å². The SMILES string of the molecule is CCC1CC(=O)N(CCNC(=O)c2cc3c(c([N+](=O)[O-])c2)N(C(=O)CCC(=O)C(C)C)CC3)C1=O. The van der Waals surface area contributed by atoms with Crippen LogP contribution >= 0.6 is 0 Å². The number of rotatable bonds is 10. The van der Waals surface area contributed by atoms with Crippen LogP contribution in [0.5, 0.6) is 0 Å². The van der Waals surface area contributed by atoms with E-state index in [2.05, 4.69) is 5.32 Å². The van der Waals surface area contributed by atoms with Gasteiger partial charge in [0.25, 0.3) is 11.6 Å². The zero-order valence-electron chi connectivity index (χ0n) is 20.2. The number of nitro benzene ring substituents is 1. The third-order valence-electron chi connectivity index (χ3n) is 6.48. The van der Waals surface area contributed by atoms with Crippen LogP contribution in [0.1, 0.15) is 62.4 Å². The lowest BCUT2D eigenvalue weighted by Gasteiger charge is -2.18. The topological polar surface area (TPSA) is 147 Å². The molecule has 0 aromatic heterocycles. The summed E-state index contributed by atoms with van der Waals surface area (Å²) in [6.07, 6.45) is 1.11. The molecule has 188 valence electrons. The Bertz CT molecular complexity index is 1080. The first-order valence-corrected chi connectivity index (χ1v) is 11.8. The fourth-order valence-electron chi connectivity index (χ4n) is 4.39. The van der Waals surface area contributed by atoms with E-state index in [9.17, 15) is 34.1 Å². The monoisotopic (exact) mass is 486 g/mol. The van der Waals surface area contributed by atoms with Crippen LogP contribution in [0.4, 0.5) is 11.4 Å². The summed E-state index contributed by atoms with van der Waals surface area (Å²) in [7, 11) is 0. The van der Waals surface area contributed by atoms with Gasteiger partial charge in [-0.1, -0.05) is 20.8 Å². The minimum Gasteiger partial charge on any atom is -0.350 e. The molecule has 2 aliphatic rings. The summed E-state index contributed by atoms with van der Waals surface area (Å²) in [4.78, 5) is 75.1. The van der Waals surface area contributed by atoms with Gasteiger partial charge in [-0.25, -0.2) is 0 Å². The van der Waals surface area contributed by atoms with Gasteiger partial charge in [-0.05, 0) is 24.5 Å². The summed E-state index contributed by atoms with van der Waals surface area (Å²) in [5, 5.41) is 14.4. The maximum Gasteiger partial charge on any atom is 0.294 e. The first kappa shape index (κ1) is 26.0. The number of benzene rings is 1. The van der Waals surface area contributed by atoms with Gasteiger partial charge in [0.05, 0.1) is 4.92 Å². The number of nitro groups is 1. The highest BCUT2D eigenvalue weighted by Gasteiger charge is 2.37. The Labute approximate surface area is 203 Å². The number of ketones is 1. The van der Waals surface area contributed by atoms with Crippen LogP contribution in [0.15, 0.2) is 12.1 Å². The number of Topliss-reactive ketones (excluding diaryl/α,β-unsaturated/α-hetero) is 1. The molecular weight excluding hydrogens is 456 g/mol. The Morgan fingerprint density at radius 2 is 1.91 bits per heavy atom. The molecule has 2 heterocycles. The Morgan fingerprint density at radius 1 is 1.20 bits per heavy atom. The molecule has 11 heteroatoms. The van der Waals surface area contributed by atoms with E-state index in [1.54, 1.807) is 13.8 Å². The van der Waals surface area contributed by atoms with E-state index in [4.69, 9.17) is 0 Å². The Balaban J connectivity index is 1.70. The lowest BCUT2D eigenvalue weighted by molar-refractivity contribution is -0.384. The van der Waals surface area contributed by atoms with Gasteiger partial charge in [0, 0.05) is 62.4 Å². The van der Waals surface area contributed by atoms with Gasteiger partial charge in [0.15, 0.2) is 0 Å². The van der Waals surface area contributed by atoms with Gasteiger partial charge in [-0.2, -0.15) is 0 Å². The average molecular weight is 487 g/mol. The number of likely N-dealkylation sites (tertiary alicyclic amines) is 1. The highest BCUT2D eigenvalue weighted by atomic mass is 16.6. The molecule has 1 aromatic carbocycles. The number of hydrogen-bond acceptors (Lipinski definition) is 7. The second-order valence-corrected chi connectivity index (χ2v) is 9.13. The van der Waals surface area contributed by atoms with Gasteiger partial charge in [0.1, 0.15) is 11.5 Å². The molecule has 0 bridgehead atoms. The number of fused-ring (bicyclic) bond motifs is 1. The van der Waals surface area contributed by atoms with Crippen LogP contribution in [0.25, 0.3) is 0 Å². The molecule has 0 spiro atoms. The van der Waals surface area contributed by atoms with E-state index < -0.39 is 10.8 Å². The second kappa shape index (κ2) is 10.7. The van der Waals surface area contributed by atoms with Crippen molar-refractivity contribution in [2.24, 2.45) is 11.8 Å². The highest BCUT2D eigenvalue weighted by molar-refractivity contribution is 6.04. The first-order valence-electron chi connectivity index (χ1n) is 11.8. The van der Waals surface area contributed by atoms with Crippen LogP contribution < -0.4 is 10.2 Å². The van der Waals surface area contributed by atoms with Crippen LogP contribution in [-0.2, 0) is 25.6 Å². The van der Waals surface area contributed by atoms with Crippen molar-refractivity contribution in [3.05, 3.63) is 33.4 Å². The summed E-state index contributed by atoms with van der Waals surface area (Å²) in [6.45, 7) is 5.61. The summed E-state index contributed by atoms with van der Waals surface area (Å²) >= 11 is 0. The van der Waals surface area contributed by atoms with Crippen molar-refractivity contribution in [1.82, 2.24) is 10.2 Å². The number of carbonyl (C=O) groups is 5. The summed E-state index contributed by atoms with van der Waals surface area (Å²) < 4.78 is 0. The van der Waals surface area contributed by atoms with E-state index in [1.165, 1.54) is 11.0 Å². The van der Waals surface area contributed by atoms with E-state index in [0.717, 1.165) is 11.0 Å². The average Bonchev–Trinajstić information content (AvgIpc) is 3.37. The second-order valence-electron chi connectivity index (χ2n) is 9.13. The smallest absolute Gasteiger partial charge is 0.294 e. The molecule has 3 rings (SSSR count). The molecule has 1 N–H and O–H groups in total. The number of hydrogen-bond donors (Lipinski definition) is 1. The van der Waals surface area contributed by atoms with Gasteiger partial charge >= 0.3 is 0 Å². The maximum atomic E-state index is 12.7. The molecule has 1 atom stereocenters. The predicted octanol–water partition coefficient (Wildman–Crippen LogP) is 2.00. The minimum atomic E-state index is -0.632. The third kappa shape index (κ3) is 5.55. The zero-order chi connectivity index (χ0) is 25.9. The molecule has 1 fully saturated rings. The first-order chi connectivity index (χ1) is 16.5. The molecular formula is C24H30N4O7. The van der Waals surface area contributed by atoms with Crippen LogP contribution in [-0.4, -0.2) is 58.9 Å². The number of anilines is 1. The van der Waals surface area contributed by atoms with Crippen LogP contribution in [0, 0.1) is 22.0 Å². The lowest BCUT2D eigenvalue weighted by atomic mass is 10.0. The van der Waals surface area contributed by atoms with Crippen molar-refractivity contribution in [2.75, 3.05) is 24.5 Å². The van der Waals surface area contributed by atoms with E-state index in [0.29, 0.717) is 18.4 Å². The van der Waals surface area contributed by atoms with Gasteiger partial charge in [0.2, 0.25) is 17.7 Å². The summed E-state index contributed by atoms with van der Waals surface area (Å²) in [6, 6.07) is 2.64. The van der Waals surface area contributed by atoms with Crippen molar-refractivity contribution in [2.45, 2.75) is 52.9 Å². The van der Waals surface area contributed by atoms with Crippen molar-refractivity contribution in [3.8, 4) is 0 Å². The highest BCUT2D eigenvalue weighted by Crippen LogP contribution is 2.38. The Hall–Kier alpha value is -3.63. The molecule has 35 heavy (non-hydrogen) atoms. The van der Waals surface area contributed by atoms with Crippen molar-refractivity contribution in [3.63, 3.8) is 0 Å². The molecule has 11 nitrogen and oxygen atoms in total. The number of nitrogens with zero attached hydrogens (tertiary/aromatic N) is 3. The molecule has 1 unspecified atom stereocenters. The normalized spacial score (nSPS) is 17.2. The van der Waals surface area contributed by atoms with E-state index in [1.807, 2.05) is 6.92 Å². The van der Waals surface area contributed by atoms with Crippen molar-refractivity contribution in [1.29, 1.82) is 0 Å². The molecule has 1 saturated heterocycles. The molecule has 0 aliphatic carbocycles. The number of amides is 4. The quantitative estimate of drug-likeness (QED) is 0.302. The molecule has 2 aliphatic heterocycles. The minimum absolute atomic E-state index is 0.0200. The number of nitrogens with one attached hydrogen (secondary N) is 1. The molecule has 4 amide bonds. The molecule has 0 saturated carbocycles. The van der Waals surface area contributed by atoms with Crippen LogP contribution in [0.3, 0.4) is 0 Å². The Kier molecular flexibility index (Phi) is 7.98. The fraction of sp³-hybridized carbons (Fsp3) is 0.542. The van der Waals surface area contributed by atoms with Gasteiger partial charge in [-0.15, -0.1) is 0 Å². The largest absolute Gasteiger partial charge is 0.350 e. The van der Waals surface area contributed by atoms with Crippen LogP contribution in [0.2, 0.25) is 0 Å².